The predicted octanol–water partition coefficient (Wildman–Crippen LogP) is 5.17. The highest BCUT2D eigenvalue weighted by Gasteiger charge is 2.46. The molecule has 0 nitrogen and oxygen atoms in total. The second-order valence-electron chi connectivity index (χ2n) is 7.58. The first-order valence-corrected chi connectivity index (χ1v) is 7.62. The van der Waals surface area contributed by atoms with E-state index in [9.17, 15) is 0 Å². The van der Waals surface area contributed by atoms with Crippen molar-refractivity contribution in [3.05, 3.63) is 0 Å². The summed E-state index contributed by atoms with van der Waals surface area (Å²) in [5.41, 5.74) is 1.45. The maximum Gasteiger partial charge on any atom is -0.0297 e. The van der Waals surface area contributed by atoms with E-state index in [2.05, 4.69) is 13.8 Å². The molecule has 0 amide bonds. The maximum absolute atomic E-state index is 2.62. The molecule has 0 aromatic rings. The highest BCUT2D eigenvalue weighted by molar-refractivity contribution is 4.97. The Morgan fingerprint density at radius 3 is 1.56 bits per heavy atom. The largest absolute Gasteiger partial charge is 0.0594 e. The lowest BCUT2D eigenvalue weighted by molar-refractivity contribution is -0.0250. The summed E-state index contributed by atoms with van der Waals surface area (Å²) in [6.45, 7) is 5.24. The second-order valence-corrected chi connectivity index (χ2v) is 7.58. The lowest BCUT2D eigenvalue weighted by Crippen LogP contribution is -2.42. The van der Waals surface area contributed by atoms with Gasteiger partial charge < -0.3 is 0 Å². The van der Waals surface area contributed by atoms with Gasteiger partial charge in [0.1, 0.15) is 0 Å². The lowest BCUT2D eigenvalue weighted by atomic mass is 9.52. The summed E-state index contributed by atoms with van der Waals surface area (Å²) in [5, 5.41) is 0. The molecule has 0 aromatic carbocycles. The molecule has 0 aromatic heterocycles. The Balaban J connectivity index is 1.95. The third-order valence-electron chi connectivity index (χ3n) is 6.64. The topological polar surface area (TPSA) is 0 Å². The summed E-state index contributed by atoms with van der Waals surface area (Å²) in [6, 6.07) is 0. The molecule has 0 aliphatic heterocycles. The van der Waals surface area contributed by atoms with Crippen molar-refractivity contribution in [2.45, 2.75) is 78.1 Å². The van der Waals surface area contributed by atoms with E-state index in [1.165, 1.54) is 44.9 Å². The quantitative estimate of drug-likeness (QED) is 0.528. The minimum atomic E-state index is 0.723. The van der Waals surface area contributed by atoms with Gasteiger partial charge >= 0.3 is 0 Å². The molecule has 92 valence electrons. The molecule has 4 aliphatic carbocycles. The van der Waals surface area contributed by atoms with E-state index >= 15 is 0 Å². The average molecular weight is 220 g/mol. The molecular weight excluding hydrogens is 192 g/mol. The van der Waals surface area contributed by atoms with Crippen molar-refractivity contribution in [1.82, 2.24) is 0 Å². The number of rotatable bonds is 0. The summed E-state index contributed by atoms with van der Waals surface area (Å²) in [6.07, 6.45) is 15.3. The zero-order chi connectivity index (χ0) is 11.2. The minimum absolute atomic E-state index is 0.723. The van der Waals surface area contributed by atoms with Gasteiger partial charge in [-0.2, -0.15) is 0 Å². The van der Waals surface area contributed by atoms with Crippen LogP contribution in [-0.4, -0.2) is 0 Å². The van der Waals surface area contributed by atoms with Crippen molar-refractivity contribution in [2.75, 3.05) is 0 Å². The fourth-order valence-electron chi connectivity index (χ4n) is 5.31. The molecule has 16 heavy (non-hydrogen) atoms. The lowest BCUT2D eigenvalue weighted by Gasteiger charge is -2.53. The number of hydrogen-bond donors (Lipinski definition) is 0. The van der Waals surface area contributed by atoms with Crippen LogP contribution in [0.3, 0.4) is 0 Å². The minimum Gasteiger partial charge on any atom is -0.0594 e. The monoisotopic (exact) mass is 220 g/mol. The molecule has 0 spiro atoms. The normalized spacial score (nSPS) is 52.9. The van der Waals surface area contributed by atoms with Gasteiger partial charge in [0.15, 0.2) is 0 Å². The van der Waals surface area contributed by atoms with Gasteiger partial charge in [-0.25, -0.2) is 0 Å². The molecule has 0 radical (unpaired) electrons. The Labute approximate surface area is 101 Å². The SMILES string of the molecule is CC12CCCC(C)(CCC1)C1CCCC2C1. The smallest absolute Gasteiger partial charge is 0.0297 e. The van der Waals surface area contributed by atoms with Crippen LogP contribution in [0.15, 0.2) is 0 Å². The molecule has 0 N–H and O–H groups in total. The number of fused-ring (bicyclic) bond motifs is 4. The third-order valence-corrected chi connectivity index (χ3v) is 6.64. The Bertz CT molecular complexity index is 231. The first-order chi connectivity index (χ1) is 7.62. The van der Waals surface area contributed by atoms with Crippen molar-refractivity contribution in [2.24, 2.45) is 22.7 Å². The molecule has 0 heterocycles. The van der Waals surface area contributed by atoms with Crippen molar-refractivity contribution in [3.8, 4) is 0 Å². The number of hydrogen-bond acceptors (Lipinski definition) is 0. The van der Waals surface area contributed by atoms with Gasteiger partial charge in [-0.15, -0.1) is 0 Å². The fraction of sp³-hybridized carbons (Fsp3) is 1.00. The van der Waals surface area contributed by atoms with E-state index in [1.807, 2.05) is 0 Å². The molecule has 4 fully saturated rings. The zero-order valence-corrected chi connectivity index (χ0v) is 11.2. The molecule has 0 heteroatoms. The average Bonchev–Trinajstić information content (AvgIpc) is 2.26. The molecule has 4 bridgehead atoms. The Kier molecular flexibility index (Phi) is 2.60. The first kappa shape index (κ1) is 11.1. The van der Waals surface area contributed by atoms with Crippen LogP contribution in [0.2, 0.25) is 0 Å². The summed E-state index contributed by atoms with van der Waals surface area (Å²) in [5.74, 6) is 2.15. The van der Waals surface area contributed by atoms with Gasteiger partial charge in [-0.3, -0.25) is 0 Å². The van der Waals surface area contributed by atoms with Crippen LogP contribution in [0.25, 0.3) is 0 Å². The van der Waals surface area contributed by atoms with Crippen LogP contribution in [0.1, 0.15) is 78.1 Å². The zero-order valence-electron chi connectivity index (χ0n) is 11.2. The van der Waals surface area contributed by atoms with E-state index < -0.39 is 0 Å². The van der Waals surface area contributed by atoms with Crippen molar-refractivity contribution in [1.29, 1.82) is 0 Å². The van der Waals surface area contributed by atoms with E-state index in [0.29, 0.717) is 0 Å². The van der Waals surface area contributed by atoms with E-state index in [1.54, 1.807) is 19.3 Å². The van der Waals surface area contributed by atoms with Crippen LogP contribution in [0, 0.1) is 22.7 Å². The van der Waals surface area contributed by atoms with Crippen LogP contribution in [0.4, 0.5) is 0 Å². The second kappa shape index (κ2) is 3.75. The Morgan fingerprint density at radius 1 is 0.688 bits per heavy atom. The van der Waals surface area contributed by atoms with E-state index in [4.69, 9.17) is 0 Å². The molecular formula is C16H28. The molecule has 4 aliphatic rings. The molecule has 4 saturated carbocycles. The highest BCUT2D eigenvalue weighted by Crippen LogP contribution is 2.58. The maximum atomic E-state index is 2.62. The standard InChI is InChI=1S/C16H28/c1-15-8-4-10-16(2,11-5-9-15)14-7-3-6-13(15)12-14/h13-14H,3-12H2,1-2H3. The van der Waals surface area contributed by atoms with Crippen molar-refractivity contribution < 1.29 is 0 Å². The molecule has 4 rings (SSSR count). The summed E-state index contributed by atoms with van der Waals surface area (Å²) in [7, 11) is 0. The van der Waals surface area contributed by atoms with Gasteiger partial charge in [0.25, 0.3) is 0 Å². The summed E-state index contributed by atoms with van der Waals surface area (Å²) >= 11 is 0. The summed E-state index contributed by atoms with van der Waals surface area (Å²) < 4.78 is 0. The molecule has 2 unspecified atom stereocenters. The van der Waals surface area contributed by atoms with E-state index in [0.717, 1.165) is 22.7 Å². The summed E-state index contributed by atoms with van der Waals surface area (Å²) in [4.78, 5) is 0. The Morgan fingerprint density at radius 2 is 1.12 bits per heavy atom. The van der Waals surface area contributed by atoms with Crippen LogP contribution in [-0.2, 0) is 0 Å². The third kappa shape index (κ3) is 1.64. The van der Waals surface area contributed by atoms with Gasteiger partial charge in [-0.05, 0) is 67.6 Å². The highest BCUT2D eigenvalue weighted by atomic mass is 14.5. The fourth-order valence-corrected chi connectivity index (χ4v) is 5.31. The van der Waals surface area contributed by atoms with Crippen LogP contribution >= 0.6 is 0 Å². The first-order valence-electron chi connectivity index (χ1n) is 7.62. The van der Waals surface area contributed by atoms with Crippen LogP contribution < -0.4 is 0 Å². The van der Waals surface area contributed by atoms with Gasteiger partial charge in [0.2, 0.25) is 0 Å². The van der Waals surface area contributed by atoms with Gasteiger partial charge in [0, 0.05) is 0 Å². The van der Waals surface area contributed by atoms with Gasteiger partial charge in [-0.1, -0.05) is 33.1 Å². The predicted molar refractivity (Wildman–Crippen MR) is 69.4 cm³/mol. The van der Waals surface area contributed by atoms with Crippen molar-refractivity contribution in [3.63, 3.8) is 0 Å². The van der Waals surface area contributed by atoms with Crippen molar-refractivity contribution >= 4 is 0 Å². The van der Waals surface area contributed by atoms with E-state index in [-0.39, 0.29) is 0 Å². The Hall–Kier alpha value is 0. The molecule has 2 atom stereocenters. The van der Waals surface area contributed by atoms with Gasteiger partial charge in [0.05, 0.1) is 0 Å². The molecule has 0 saturated heterocycles. The van der Waals surface area contributed by atoms with Crippen LogP contribution in [0.5, 0.6) is 0 Å².